The van der Waals surface area contributed by atoms with Gasteiger partial charge in [-0.2, -0.15) is 4.98 Å². The summed E-state index contributed by atoms with van der Waals surface area (Å²) >= 11 is 0. The Labute approximate surface area is 136 Å². The standard InChI is InChI=1S/C18H24FN3O/c1-13(2)17-20-18(23-21-17)15-8-11-22(12-9-15)10-7-14-3-5-16(19)6-4-14/h3-6,13,15H,7-12H2,1-2H3. The fourth-order valence-electron chi connectivity index (χ4n) is 2.99. The molecule has 1 aliphatic rings. The van der Waals surface area contributed by atoms with Gasteiger partial charge in [-0.25, -0.2) is 4.39 Å². The van der Waals surface area contributed by atoms with E-state index in [2.05, 4.69) is 28.9 Å². The average molecular weight is 317 g/mol. The van der Waals surface area contributed by atoms with E-state index < -0.39 is 0 Å². The normalized spacial score (nSPS) is 17.0. The second kappa shape index (κ2) is 7.21. The lowest BCUT2D eigenvalue weighted by Crippen LogP contribution is -2.34. The molecule has 4 nitrogen and oxygen atoms in total. The van der Waals surface area contributed by atoms with Crippen LogP contribution in [0.4, 0.5) is 4.39 Å². The Kier molecular flexibility index (Phi) is 5.06. The highest BCUT2D eigenvalue weighted by Gasteiger charge is 2.25. The molecule has 3 rings (SSSR count). The van der Waals surface area contributed by atoms with E-state index in [1.54, 1.807) is 0 Å². The van der Waals surface area contributed by atoms with Gasteiger partial charge in [0.2, 0.25) is 5.89 Å². The number of nitrogens with zero attached hydrogens (tertiary/aromatic N) is 3. The fourth-order valence-corrected chi connectivity index (χ4v) is 2.99. The van der Waals surface area contributed by atoms with Gasteiger partial charge < -0.3 is 9.42 Å². The van der Waals surface area contributed by atoms with Crippen LogP contribution in [0.3, 0.4) is 0 Å². The molecule has 2 heterocycles. The van der Waals surface area contributed by atoms with Crippen LogP contribution < -0.4 is 0 Å². The Bertz CT molecular complexity index is 615. The molecule has 2 aromatic rings. The molecule has 0 amide bonds. The third-order valence-corrected chi connectivity index (χ3v) is 4.54. The summed E-state index contributed by atoms with van der Waals surface area (Å²) in [5.41, 5.74) is 1.19. The predicted octanol–water partition coefficient (Wildman–Crippen LogP) is 3.75. The molecule has 124 valence electrons. The van der Waals surface area contributed by atoms with Crippen LogP contribution in [0.5, 0.6) is 0 Å². The van der Waals surface area contributed by atoms with E-state index in [4.69, 9.17) is 4.52 Å². The average Bonchev–Trinajstić information content (AvgIpc) is 3.05. The van der Waals surface area contributed by atoms with E-state index in [0.717, 1.165) is 50.6 Å². The maximum Gasteiger partial charge on any atom is 0.229 e. The molecule has 1 aliphatic heterocycles. The number of aromatic nitrogens is 2. The number of hydrogen-bond acceptors (Lipinski definition) is 4. The Hall–Kier alpha value is -1.75. The molecule has 0 radical (unpaired) electrons. The molecule has 0 saturated carbocycles. The van der Waals surface area contributed by atoms with Gasteiger partial charge in [0.05, 0.1) is 0 Å². The first-order valence-electron chi connectivity index (χ1n) is 8.42. The Morgan fingerprint density at radius 3 is 2.52 bits per heavy atom. The Morgan fingerprint density at radius 1 is 1.22 bits per heavy atom. The monoisotopic (exact) mass is 317 g/mol. The maximum absolute atomic E-state index is 12.9. The van der Waals surface area contributed by atoms with Crippen LogP contribution >= 0.6 is 0 Å². The molecule has 1 aromatic heterocycles. The molecule has 1 fully saturated rings. The van der Waals surface area contributed by atoms with E-state index in [-0.39, 0.29) is 5.82 Å². The third kappa shape index (κ3) is 4.16. The van der Waals surface area contributed by atoms with Gasteiger partial charge in [-0.15, -0.1) is 0 Å². The van der Waals surface area contributed by atoms with Crippen molar-refractivity contribution in [2.45, 2.75) is 44.9 Å². The minimum absolute atomic E-state index is 0.171. The highest BCUT2D eigenvalue weighted by atomic mass is 19.1. The van der Waals surface area contributed by atoms with Crippen LogP contribution in [0.25, 0.3) is 0 Å². The van der Waals surface area contributed by atoms with E-state index in [1.165, 1.54) is 17.7 Å². The SMILES string of the molecule is CC(C)c1noc(C2CCN(CCc3ccc(F)cc3)CC2)n1. The zero-order chi connectivity index (χ0) is 16.2. The minimum Gasteiger partial charge on any atom is -0.339 e. The highest BCUT2D eigenvalue weighted by Crippen LogP contribution is 2.27. The Balaban J connectivity index is 1.47. The molecule has 0 bridgehead atoms. The molecular formula is C18H24FN3O. The number of piperidine rings is 1. The lowest BCUT2D eigenvalue weighted by molar-refractivity contribution is 0.196. The summed E-state index contributed by atoms with van der Waals surface area (Å²) < 4.78 is 18.3. The quantitative estimate of drug-likeness (QED) is 0.842. The Morgan fingerprint density at radius 2 is 1.91 bits per heavy atom. The molecule has 0 N–H and O–H groups in total. The highest BCUT2D eigenvalue weighted by molar-refractivity contribution is 5.16. The lowest BCUT2D eigenvalue weighted by Gasteiger charge is -2.30. The van der Waals surface area contributed by atoms with Crippen LogP contribution in [-0.2, 0) is 6.42 Å². The first kappa shape index (κ1) is 16.1. The van der Waals surface area contributed by atoms with E-state index >= 15 is 0 Å². The van der Waals surface area contributed by atoms with Crippen molar-refractivity contribution in [2.75, 3.05) is 19.6 Å². The summed E-state index contributed by atoms with van der Waals surface area (Å²) in [5, 5.41) is 4.06. The molecule has 0 spiro atoms. The van der Waals surface area contributed by atoms with E-state index in [9.17, 15) is 4.39 Å². The van der Waals surface area contributed by atoms with Crippen molar-refractivity contribution in [2.24, 2.45) is 0 Å². The van der Waals surface area contributed by atoms with Gasteiger partial charge in [-0.3, -0.25) is 0 Å². The summed E-state index contributed by atoms with van der Waals surface area (Å²) in [6.07, 6.45) is 3.08. The van der Waals surface area contributed by atoms with Crippen LogP contribution in [0, 0.1) is 5.82 Å². The lowest BCUT2D eigenvalue weighted by atomic mass is 9.96. The molecule has 23 heavy (non-hydrogen) atoms. The minimum atomic E-state index is -0.171. The summed E-state index contributed by atoms with van der Waals surface area (Å²) in [6.45, 7) is 7.26. The van der Waals surface area contributed by atoms with Crippen LogP contribution in [0.1, 0.15) is 55.8 Å². The van der Waals surface area contributed by atoms with Crippen molar-refractivity contribution in [3.8, 4) is 0 Å². The van der Waals surface area contributed by atoms with Crippen LogP contribution in [-0.4, -0.2) is 34.7 Å². The van der Waals surface area contributed by atoms with Gasteiger partial charge in [-0.05, 0) is 50.0 Å². The number of benzene rings is 1. The molecule has 0 unspecified atom stereocenters. The second-order valence-electron chi connectivity index (χ2n) is 6.64. The van der Waals surface area contributed by atoms with Crippen molar-refractivity contribution in [1.29, 1.82) is 0 Å². The van der Waals surface area contributed by atoms with Crippen molar-refractivity contribution in [1.82, 2.24) is 15.0 Å². The molecule has 0 atom stereocenters. The van der Waals surface area contributed by atoms with Crippen molar-refractivity contribution < 1.29 is 8.91 Å². The largest absolute Gasteiger partial charge is 0.339 e. The van der Waals surface area contributed by atoms with Gasteiger partial charge in [0.1, 0.15) is 5.82 Å². The van der Waals surface area contributed by atoms with Gasteiger partial charge in [0, 0.05) is 18.4 Å². The predicted molar refractivity (Wildman–Crippen MR) is 86.9 cm³/mol. The number of rotatable bonds is 5. The van der Waals surface area contributed by atoms with Gasteiger partial charge in [0.25, 0.3) is 0 Å². The second-order valence-corrected chi connectivity index (χ2v) is 6.64. The van der Waals surface area contributed by atoms with Gasteiger partial charge in [0.15, 0.2) is 5.82 Å². The van der Waals surface area contributed by atoms with E-state index in [0.29, 0.717) is 11.8 Å². The molecule has 1 aromatic carbocycles. The molecule has 5 heteroatoms. The van der Waals surface area contributed by atoms with Crippen molar-refractivity contribution >= 4 is 0 Å². The van der Waals surface area contributed by atoms with Crippen LogP contribution in [0.15, 0.2) is 28.8 Å². The van der Waals surface area contributed by atoms with Crippen molar-refractivity contribution in [3.63, 3.8) is 0 Å². The molecule has 0 aliphatic carbocycles. The first-order valence-corrected chi connectivity index (χ1v) is 8.42. The zero-order valence-electron chi connectivity index (χ0n) is 13.8. The third-order valence-electron chi connectivity index (χ3n) is 4.54. The topological polar surface area (TPSA) is 42.2 Å². The number of hydrogen-bond donors (Lipinski definition) is 0. The van der Waals surface area contributed by atoms with Crippen molar-refractivity contribution in [3.05, 3.63) is 47.4 Å². The first-order chi connectivity index (χ1) is 11.1. The summed E-state index contributed by atoms with van der Waals surface area (Å²) in [4.78, 5) is 6.99. The summed E-state index contributed by atoms with van der Waals surface area (Å²) in [5.74, 6) is 2.13. The van der Waals surface area contributed by atoms with Gasteiger partial charge in [-0.1, -0.05) is 31.1 Å². The fraction of sp³-hybridized carbons (Fsp3) is 0.556. The summed E-state index contributed by atoms with van der Waals surface area (Å²) in [6, 6.07) is 6.80. The van der Waals surface area contributed by atoms with Crippen LogP contribution in [0.2, 0.25) is 0 Å². The number of halogens is 1. The van der Waals surface area contributed by atoms with Gasteiger partial charge >= 0.3 is 0 Å². The summed E-state index contributed by atoms with van der Waals surface area (Å²) in [7, 11) is 0. The van der Waals surface area contributed by atoms with E-state index in [1.807, 2.05) is 12.1 Å². The zero-order valence-corrected chi connectivity index (χ0v) is 13.8. The molecular weight excluding hydrogens is 293 g/mol. The molecule has 1 saturated heterocycles. The smallest absolute Gasteiger partial charge is 0.229 e. The number of likely N-dealkylation sites (tertiary alicyclic amines) is 1. The maximum atomic E-state index is 12.9.